The highest BCUT2D eigenvalue weighted by Crippen LogP contribution is 2.39. The highest BCUT2D eigenvalue weighted by molar-refractivity contribution is 7.85. The monoisotopic (exact) mass is 652 g/mol. The van der Waals surface area contributed by atoms with Crippen LogP contribution in [0.1, 0.15) is 69.7 Å². The molecule has 1 saturated heterocycles. The van der Waals surface area contributed by atoms with E-state index in [9.17, 15) is 13.2 Å². The number of aliphatic imine (C=N–C) groups is 1. The van der Waals surface area contributed by atoms with Crippen LogP contribution in [-0.2, 0) is 14.3 Å². The van der Waals surface area contributed by atoms with Crippen LogP contribution in [0.5, 0.6) is 5.75 Å². The highest BCUT2D eigenvalue weighted by Gasteiger charge is 2.30. The Morgan fingerprint density at radius 1 is 1.09 bits per heavy atom. The van der Waals surface area contributed by atoms with Gasteiger partial charge in [0.15, 0.2) is 5.65 Å². The van der Waals surface area contributed by atoms with Crippen LogP contribution in [0.2, 0.25) is 0 Å². The van der Waals surface area contributed by atoms with Crippen LogP contribution in [0.4, 0.5) is 10.7 Å². The quantitative estimate of drug-likeness (QED) is 0.185. The molecule has 0 unspecified atom stereocenters. The topological polar surface area (TPSA) is 166 Å². The van der Waals surface area contributed by atoms with E-state index in [1.54, 1.807) is 13.1 Å². The van der Waals surface area contributed by atoms with Crippen molar-refractivity contribution in [3.63, 3.8) is 0 Å². The molecule has 1 aliphatic carbocycles. The summed E-state index contributed by atoms with van der Waals surface area (Å²) in [4.78, 5) is 19.3. The van der Waals surface area contributed by atoms with Gasteiger partial charge in [-0.25, -0.2) is 4.79 Å². The number of nitrogens with zero attached hydrogens (tertiary/aromatic N) is 5. The second kappa shape index (κ2) is 13.7. The maximum absolute atomic E-state index is 13.0. The van der Waals surface area contributed by atoms with Gasteiger partial charge < -0.3 is 20.7 Å². The number of amidine groups is 1. The molecule has 3 aromatic rings. The Kier molecular flexibility index (Phi) is 9.87. The first kappa shape index (κ1) is 33.2. The fourth-order valence-electron chi connectivity index (χ4n) is 5.68. The number of nitrogens with two attached hydrogens (primary N) is 1. The molecule has 46 heavy (non-hydrogen) atoms. The minimum Gasteiger partial charge on any atom is -0.484 e. The Bertz CT molecular complexity index is 1720. The number of urea groups is 1. The Balaban J connectivity index is 1.25. The van der Waals surface area contributed by atoms with E-state index in [4.69, 9.17) is 14.7 Å². The van der Waals surface area contributed by atoms with Gasteiger partial charge >= 0.3 is 6.03 Å². The summed E-state index contributed by atoms with van der Waals surface area (Å²) in [6, 6.07) is 11.2. The van der Waals surface area contributed by atoms with E-state index < -0.39 is 10.1 Å². The van der Waals surface area contributed by atoms with Gasteiger partial charge in [-0.1, -0.05) is 45.0 Å². The van der Waals surface area contributed by atoms with Crippen LogP contribution < -0.4 is 26.0 Å². The zero-order chi connectivity index (χ0) is 33.1. The van der Waals surface area contributed by atoms with Crippen molar-refractivity contribution in [3.8, 4) is 5.75 Å². The maximum Gasteiger partial charge on any atom is 0.320 e. The van der Waals surface area contributed by atoms with Crippen molar-refractivity contribution >= 4 is 33.6 Å². The number of carbonyl (C=O) groups excluding carboxylic acids is 1. The number of ether oxygens (including phenoxy) is 1. The first-order valence-corrected chi connectivity index (χ1v) is 17.3. The lowest BCUT2D eigenvalue weighted by Crippen LogP contribution is -2.42. The van der Waals surface area contributed by atoms with Gasteiger partial charge in [-0.05, 0) is 60.9 Å². The molecule has 14 heteroatoms. The normalized spacial score (nSPS) is 20.0. The van der Waals surface area contributed by atoms with Crippen LogP contribution in [0.15, 0.2) is 59.4 Å². The van der Waals surface area contributed by atoms with Crippen LogP contribution in [0.3, 0.4) is 0 Å². The third-order valence-electron chi connectivity index (χ3n) is 8.43. The van der Waals surface area contributed by atoms with Gasteiger partial charge in [0.1, 0.15) is 17.7 Å². The lowest BCUT2D eigenvalue weighted by molar-refractivity contribution is 0.171. The fourth-order valence-corrected chi connectivity index (χ4v) is 6.12. The molecule has 2 aromatic heterocycles. The summed E-state index contributed by atoms with van der Waals surface area (Å²) in [5.74, 6) is 1.97. The fraction of sp³-hybridized carbons (Fsp3) is 0.500. The third-order valence-corrected chi connectivity index (χ3v) is 9.00. The first-order valence-electron chi connectivity index (χ1n) is 15.5. The molecular formula is C32H44N8O5S. The van der Waals surface area contributed by atoms with E-state index in [0.29, 0.717) is 48.9 Å². The van der Waals surface area contributed by atoms with E-state index in [0.717, 1.165) is 36.2 Å². The largest absolute Gasteiger partial charge is 0.484 e. The van der Waals surface area contributed by atoms with Gasteiger partial charge in [0.2, 0.25) is 5.95 Å². The molecule has 4 N–H and O–H groups in total. The molecule has 0 saturated carbocycles. The highest BCUT2D eigenvalue weighted by atomic mass is 32.2. The number of carbonyl (C=O) groups is 1. The van der Waals surface area contributed by atoms with E-state index in [1.807, 2.05) is 67.8 Å². The van der Waals surface area contributed by atoms with E-state index in [-0.39, 0.29) is 36.1 Å². The minimum absolute atomic E-state index is 0.172. The average Bonchev–Trinajstić information content (AvgIpc) is 3.43. The predicted octanol–water partition coefficient (Wildman–Crippen LogP) is 4.09. The number of pyridine rings is 1. The van der Waals surface area contributed by atoms with Gasteiger partial charge in [0.05, 0.1) is 25.1 Å². The second-order valence-corrected chi connectivity index (χ2v) is 14.6. The summed E-state index contributed by atoms with van der Waals surface area (Å²) in [7, 11) is -1.84. The number of fused-ring (bicyclic) bond motifs is 2. The number of anilines is 1. The predicted molar refractivity (Wildman–Crippen MR) is 177 cm³/mol. The van der Waals surface area contributed by atoms with E-state index in [2.05, 4.69) is 30.7 Å². The summed E-state index contributed by atoms with van der Waals surface area (Å²) in [5.41, 5.74) is 9.29. The van der Waals surface area contributed by atoms with E-state index >= 15 is 0 Å². The molecule has 1 aromatic carbocycles. The summed E-state index contributed by atoms with van der Waals surface area (Å²) in [6.07, 6.45) is 7.44. The smallest absolute Gasteiger partial charge is 0.320 e. The molecule has 0 bridgehead atoms. The van der Waals surface area contributed by atoms with Crippen molar-refractivity contribution in [1.29, 1.82) is 0 Å². The molecule has 0 radical (unpaired) electrons. The molecule has 2 atom stereocenters. The zero-order valence-corrected chi connectivity index (χ0v) is 27.9. The summed E-state index contributed by atoms with van der Waals surface area (Å²) >= 11 is 0. The Morgan fingerprint density at radius 3 is 2.48 bits per heavy atom. The number of hydrogen-bond acceptors (Lipinski definition) is 10. The average molecular weight is 653 g/mol. The molecule has 3 heterocycles. The zero-order valence-electron chi connectivity index (χ0n) is 27.1. The van der Waals surface area contributed by atoms with Crippen LogP contribution in [-0.4, -0.2) is 67.9 Å². The van der Waals surface area contributed by atoms with Gasteiger partial charge in [-0.2, -0.15) is 8.42 Å². The number of nitrogens with one attached hydrogen (secondary N) is 2. The van der Waals surface area contributed by atoms with Gasteiger partial charge in [0, 0.05) is 31.2 Å². The minimum atomic E-state index is -3.45. The van der Waals surface area contributed by atoms with Gasteiger partial charge in [0.25, 0.3) is 10.1 Å². The Morgan fingerprint density at radius 2 is 1.80 bits per heavy atom. The molecule has 5 rings (SSSR count). The lowest BCUT2D eigenvalue weighted by atomic mass is 9.85. The Hall–Kier alpha value is -4.17. The first-order chi connectivity index (χ1) is 21.8. The Labute approximate surface area is 270 Å². The third kappa shape index (κ3) is 8.15. The number of aromatic nitrogens is 3. The summed E-state index contributed by atoms with van der Waals surface area (Å²) in [5, 5.41) is 14.7. The maximum atomic E-state index is 13.0. The van der Waals surface area contributed by atoms with Crippen molar-refractivity contribution in [2.45, 2.75) is 58.6 Å². The van der Waals surface area contributed by atoms with Crippen molar-refractivity contribution < 1.29 is 22.1 Å². The molecule has 1 fully saturated rings. The lowest BCUT2D eigenvalue weighted by Gasteiger charge is -2.32. The van der Waals surface area contributed by atoms with Gasteiger partial charge in [-0.15, -0.1) is 10.2 Å². The standard InChI is InChI=1S/C32H44N8O5S/c1-32(2,3)27(33)18-28(34-4)36-30(41)35-25-11-12-26(24-9-7-6-8-23(24)25)45-22-10-13-29-37-38-31(40(29)19-22)39-16-14-21(15-17-39)20-44-46(5,42)43/h6-10,13,18-19,21,25-26H,11-12,14-17,20,33H2,1-5H3,(H2,34,35,36,41)/t25-,26+/m0/s1. The summed E-state index contributed by atoms with van der Waals surface area (Å²) < 4.78 is 36.3. The summed E-state index contributed by atoms with van der Waals surface area (Å²) in [6.45, 7) is 7.63. The molecule has 1 aliphatic heterocycles. The molecule has 0 spiro atoms. The van der Waals surface area contributed by atoms with Crippen LogP contribution in [0.25, 0.3) is 5.65 Å². The van der Waals surface area contributed by atoms with Crippen LogP contribution in [0, 0.1) is 11.3 Å². The van der Waals surface area contributed by atoms with Crippen molar-refractivity contribution in [3.05, 3.63) is 65.5 Å². The molecule has 248 valence electrons. The molecule has 2 amide bonds. The number of benzene rings is 1. The van der Waals surface area contributed by atoms with Crippen molar-refractivity contribution in [2.75, 3.05) is 37.9 Å². The van der Waals surface area contributed by atoms with Crippen molar-refractivity contribution in [1.82, 2.24) is 25.2 Å². The van der Waals surface area contributed by atoms with Crippen molar-refractivity contribution in [2.24, 2.45) is 22.1 Å². The second-order valence-electron chi connectivity index (χ2n) is 12.9. The number of rotatable bonds is 8. The number of hydrogen-bond donors (Lipinski definition) is 3. The SMILES string of the molecule is CN=C(C=C(N)C(C)(C)C)NC(=O)N[C@H]1CC[C@@H](Oc2ccc3nnc(N4CCC(COS(C)(=O)=O)CC4)n3c2)c2ccccc21. The van der Waals surface area contributed by atoms with Crippen LogP contribution >= 0.6 is 0 Å². The molecule has 13 nitrogen and oxygen atoms in total. The number of amides is 2. The number of piperidine rings is 1. The van der Waals surface area contributed by atoms with Gasteiger partial charge in [-0.3, -0.25) is 18.9 Å². The number of allylic oxidation sites excluding steroid dienone is 1. The molecular weight excluding hydrogens is 608 g/mol. The van der Waals surface area contributed by atoms with E-state index in [1.165, 1.54) is 0 Å². The molecule has 2 aliphatic rings.